The molecule has 0 bridgehead atoms. The average molecular weight is 198 g/mol. The topological polar surface area (TPSA) is 46.5 Å². The standard InChI is InChI=1S/C10H11FO3/c1-14-9(10(12)13)6-7-2-4-8(11)5-3-7/h2-5,9H,6H2,1H3,(H,12,13)/t9-/m1/s1. The van der Waals surface area contributed by atoms with Gasteiger partial charge in [0.1, 0.15) is 5.82 Å². The summed E-state index contributed by atoms with van der Waals surface area (Å²) < 4.78 is 17.3. The molecule has 0 spiro atoms. The van der Waals surface area contributed by atoms with Crippen LogP contribution in [0.2, 0.25) is 0 Å². The van der Waals surface area contributed by atoms with E-state index >= 15 is 0 Å². The van der Waals surface area contributed by atoms with Crippen LogP contribution in [-0.4, -0.2) is 24.3 Å². The predicted molar refractivity (Wildman–Crippen MR) is 48.5 cm³/mol. The number of benzene rings is 1. The van der Waals surface area contributed by atoms with Gasteiger partial charge in [0.15, 0.2) is 6.10 Å². The minimum Gasteiger partial charge on any atom is -0.479 e. The van der Waals surface area contributed by atoms with E-state index in [1.54, 1.807) is 12.1 Å². The molecule has 0 saturated carbocycles. The number of hydrogen-bond donors (Lipinski definition) is 1. The fourth-order valence-electron chi connectivity index (χ4n) is 1.11. The van der Waals surface area contributed by atoms with E-state index in [1.807, 2.05) is 0 Å². The van der Waals surface area contributed by atoms with Gasteiger partial charge in [-0.15, -0.1) is 0 Å². The fourth-order valence-corrected chi connectivity index (χ4v) is 1.11. The normalized spacial score (nSPS) is 12.4. The van der Waals surface area contributed by atoms with Crippen LogP contribution in [-0.2, 0) is 16.0 Å². The van der Waals surface area contributed by atoms with Gasteiger partial charge in [0.25, 0.3) is 0 Å². The third-order valence-electron chi connectivity index (χ3n) is 1.89. The van der Waals surface area contributed by atoms with Gasteiger partial charge in [-0.25, -0.2) is 9.18 Å². The molecule has 1 aromatic carbocycles. The lowest BCUT2D eigenvalue weighted by Crippen LogP contribution is -2.24. The van der Waals surface area contributed by atoms with Crippen molar-refractivity contribution in [1.82, 2.24) is 0 Å². The van der Waals surface area contributed by atoms with Crippen molar-refractivity contribution in [2.45, 2.75) is 12.5 Å². The minimum atomic E-state index is -1.02. The number of methoxy groups -OCH3 is 1. The number of aliphatic carboxylic acids is 1. The minimum absolute atomic E-state index is 0.242. The van der Waals surface area contributed by atoms with Crippen LogP contribution in [0.15, 0.2) is 24.3 Å². The van der Waals surface area contributed by atoms with Crippen LogP contribution >= 0.6 is 0 Å². The van der Waals surface area contributed by atoms with Crippen LogP contribution in [0.3, 0.4) is 0 Å². The van der Waals surface area contributed by atoms with E-state index in [-0.39, 0.29) is 12.2 Å². The van der Waals surface area contributed by atoms with Crippen molar-refractivity contribution < 1.29 is 19.0 Å². The second kappa shape index (κ2) is 4.72. The highest BCUT2D eigenvalue weighted by molar-refractivity contribution is 5.72. The van der Waals surface area contributed by atoms with Crippen molar-refractivity contribution >= 4 is 5.97 Å². The summed E-state index contributed by atoms with van der Waals surface area (Å²) in [6.45, 7) is 0. The van der Waals surface area contributed by atoms with Crippen molar-refractivity contribution in [2.75, 3.05) is 7.11 Å². The molecule has 0 aliphatic rings. The molecule has 0 aliphatic carbocycles. The number of carbonyl (C=O) groups is 1. The van der Waals surface area contributed by atoms with Gasteiger partial charge in [-0.05, 0) is 17.7 Å². The van der Waals surface area contributed by atoms with Gasteiger partial charge in [0.2, 0.25) is 0 Å². The zero-order chi connectivity index (χ0) is 10.6. The lowest BCUT2D eigenvalue weighted by Gasteiger charge is -2.09. The highest BCUT2D eigenvalue weighted by atomic mass is 19.1. The van der Waals surface area contributed by atoms with Crippen LogP contribution in [0.25, 0.3) is 0 Å². The Morgan fingerprint density at radius 2 is 2.07 bits per heavy atom. The molecular formula is C10H11FO3. The van der Waals surface area contributed by atoms with E-state index in [1.165, 1.54) is 19.2 Å². The molecule has 0 aliphatic heterocycles. The Bertz CT molecular complexity index is 308. The van der Waals surface area contributed by atoms with Crippen LogP contribution in [0.5, 0.6) is 0 Å². The quantitative estimate of drug-likeness (QED) is 0.796. The first-order chi connectivity index (χ1) is 6.63. The number of rotatable bonds is 4. The lowest BCUT2D eigenvalue weighted by atomic mass is 10.1. The Kier molecular flexibility index (Phi) is 3.59. The highest BCUT2D eigenvalue weighted by Crippen LogP contribution is 2.07. The molecule has 0 aromatic heterocycles. The summed E-state index contributed by atoms with van der Waals surface area (Å²) in [7, 11) is 1.34. The Balaban J connectivity index is 2.67. The summed E-state index contributed by atoms with van der Waals surface area (Å²) >= 11 is 0. The third-order valence-corrected chi connectivity index (χ3v) is 1.89. The zero-order valence-electron chi connectivity index (χ0n) is 7.74. The summed E-state index contributed by atoms with van der Waals surface area (Å²) in [6.07, 6.45) is -0.632. The Morgan fingerprint density at radius 1 is 1.50 bits per heavy atom. The molecule has 1 N–H and O–H groups in total. The molecule has 1 atom stereocenters. The number of carboxylic acids is 1. The third kappa shape index (κ3) is 2.81. The maximum Gasteiger partial charge on any atom is 0.333 e. The fraction of sp³-hybridized carbons (Fsp3) is 0.300. The molecule has 4 heteroatoms. The predicted octanol–water partition coefficient (Wildman–Crippen LogP) is 1.47. The molecule has 0 radical (unpaired) electrons. The van der Waals surface area contributed by atoms with Crippen LogP contribution in [0.4, 0.5) is 4.39 Å². The first-order valence-electron chi connectivity index (χ1n) is 4.13. The molecule has 14 heavy (non-hydrogen) atoms. The van der Waals surface area contributed by atoms with Crippen molar-refractivity contribution in [1.29, 1.82) is 0 Å². The summed E-state index contributed by atoms with van der Waals surface area (Å²) in [4.78, 5) is 10.6. The van der Waals surface area contributed by atoms with E-state index in [2.05, 4.69) is 0 Å². The maximum atomic E-state index is 12.5. The molecule has 0 fully saturated rings. The van der Waals surface area contributed by atoms with Gasteiger partial charge in [0, 0.05) is 13.5 Å². The van der Waals surface area contributed by atoms with Gasteiger partial charge in [-0.1, -0.05) is 12.1 Å². The van der Waals surface area contributed by atoms with Crippen LogP contribution in [0.1, 0.15) is 5.56 Å². The van der Waals surface area contributed by atoms with Crippen molar-refractivity contribution in [3.8, 4) is 0 Å². The van der Waals surface area contributed by atoms with Crippen LogP contribution < -0.4 is 0 Å². The molecule has 1 rings (SSSR count). The van der Waals surface area contributed by atoms with E-state index in [0.717, 1.165) is 5.56 Å². The lowest BCUT2D eigenvalue weighted by molar-refractivity contribution is -0.148. The number of ether oxygens (including phenoxy) is 1. The Morgan fingerprint density at radius 3 is 2.50 bits per heavy atom. The van der Waals surface area contributed by atoms with E-state index in [9.17, 15) is 9.18 Å². The zero-order valence-corrected chi connectivity index (χ0v) is 7.74. The summed E-state index contributed by atoms with van der Waals surface area (Å²) in [6, 6.07) is 5.68. The Labute approximate surface area is 81.1 Å². The first-order valence-corrected chi connectivity index (χ1v) is 4.13. The van der Waals surface area contributed by atoms with Crippen molar-refractivity contribution in [3.05, 3.63) is 35.6 Å². The average Bonchev–Trinajstić information content (AvgIpc) is 2.16. The second-order valence-electron chi connectivity index (χ2n) is 2.89. The van der Waals surface area contributed by atoms with E-state index in [4.69, 9.17) is 9.84 Å². The number of carboxylic acid groups (broad SMARTS) is 1. The van der Waals surface area contributed by atoms with Gasteiger partial charge in [-0.2, -0.15) is 0 Å². The van der Waals surface area contributed by atoms with Gasteiger partial charge in [-0.3, -0.25) is 0 Å². The summed E-state index contributed by atoms with van der Waals surface area (Å²) in [5, 5.41) is 8.69. The summed E-state index contributed by atoms with van der Waals surface area (Å²) in [5.74, 6) is -1.35. The maximum absolute atomic E-state index is 12.5. The largest absolute Gasteiger partial charge is 0.479 e. The number of halogens is 1. The SMILES string of the molecule is CO[C@H](Cc1ccc(F)cc1)C(=O)O. The monoisotopic (exact) mass is 198 g/mol. The van der Waals surface area contributed by atoms with E-state index in [0.29, 0.717) is 0 Å². The Hall–Kier alpha value is -1.42. The van der Waals surface area contributed by atoms with Crippen molar-refractivity contribution in [2.24, 2.45) is 0 Å². The molecule has 0 amide bonds. The molecule has 3 nitrogen and oxygen atoms in total. The smallest absolute Gasteiger partial charge is 0.333 e. The van der Waals surface area contributed by atoms with Crippen molar-refractivity contribution in [3.63, 3.8) is 0 Å². The van der Waals surface area contributed by atoms with Gasteiger partial charge in [0.05, 0.1) is 0 Å². The van der Waals surface area contributed by atoms with Crippen LogP contribution in [0, 0.1) is 5.82 Å². The molecule has 76 valence electrons. The molecule has 0 heterocycles. The highest BCUT2D eigenvalue weighted by Gasteiger charge is 2.16. The summed E-state index contributed by atoms with van der Waals surface area (Å²) in [5.41, 5.74) is 0.737. The second-order valence-corrected chi connectivity index (χ2v) is 2.89. The van der Waals surface area contributed by atoms with Gasteiger partial charge < -0.3 is 9.84 Å². The first kappa shape index (κ1) is 10.7. The number of hydrogen-bond acceptors (Lipinski definition) is 2. The van der Waals surface area contributed by atoms with E-state index < -0.39 is 12.1 Å². The molecule has 0 saturated heterocycles. The van der Waals surface area contributed by atoms with Gasteiger partial charge >= 0.3 is 5.97 Å². The molecular weight excluding hydrogens is 187 g/mol. The molecule has 1 aromatic rings. The molecule has 0 unspecified atom stereocenters.